The fourth-order valence-corrected chi connectivity index (χ4v) is 4.80. The molecule has 1 aliphatic rings. The largest absolute Gasteiger partial charge is 0.373 e. The van der Waals surface area contributed by atoms with Crippen LogP contribution in [0, 0.1) is 0 Å². The van der Waals surface area contributed by atoms with E-state index in [9.17, 15) is 13.2 Å². The number of anilines is 1. The molecular formula is C20H24N2O4S. The smallest absolute Gasteiger partial charge is 0.258 e. The van der Waals surface area contributed by atoms with Crippen molar-refractivity contribution in [3.05, 3.63) is 60.2 Å². The first-order chi connectivity index (χ1) is 12.8. The van der Waals surface area contributed by atoms with Crippen molar-refractivity contribution >= 4 is 21.6 Å². The first kappa shape index (κ1) is 19.5. The summed E-state index contributed by atoms with van der Waals surface area (Å²) in [7, 11) is -1.92. The maximum atomic E-state index is 12.9. The Bertz CT molecular complexity index is 887. The van der Waals surface area contributed by atoms with Gasteiger partial charge in [0.15, 0.2) is 0 Å². The number of para-hydroxylation sites is 1. The van der Waals surface area contributed by atoms with Crippen molar-refractivity contribution in [1.29, 1.82) is 0 Å². The zero-order valence-electron chi connectivity index (χ0n) is 15.7. The van der Waals surface area contributed by atoms with Gasteiger partial charge in [-0.2, -0.15) is 4.31 Å². The Morgan fingerprint density at radius 3 is 2.11 bits per heavy atom. The lowest BCUT2D eigenvalue weighted by molar-refractivity contribution is -0.0440. The Balaban J connectivity index is 1.79. The molecule has 0 spiro atoms. The summed E-state index contributed by atoms with van der Waals surface area (Å²) in [4.78, 5) is 14.4. The van der Waals surface area contributed by atoms with E-state index >= 15 is 0 Å². The van der Waals surface area contributed by atoms with Gasteiger partial charge in [0.05, 0.1) is 17.1 Å². The third kappa shape index (κ3) is 4.21. The average Bonchev–Trinajstić information content (AvgIpc) is 2.67. The molecule has 1 saturated heterocycles. The highest BCUT2D eigenvalue weighted by Gasteiger charge is 2.32. The highest BCUT2D eigenvalue weighted by atomic mass is 32.2. The number of sulfonamides is 1. The molecule has 0 bridgehead atoms. The van der Waals surface area contributed by atoms with Crippen LogP contribution in [-0.4, -0.2) is 51.0 Å². The molecule has 1 aliphatic heterocycles. The second kappa shape index (κ2) is 7.80. The average molecular weight is 388 g/mol. The third-order valence-electron chi connectivity index (χ3n) is 4.57. The second-order valence-corrected chi connectivity index (χ2v) is 8.74. The fourth-order valence-electron chi connectivity index (χ4n) is 3.21. The molecular weight excluding hydrogens is 364 g/mol. The summed E-state index contributed by atoms with van der Waals surface area (Å²) in [6.07, 6.45) is -0.298. The number of morpholine rings is 1. The summed E-state index contributed by atoms with van der Waals surface area (Å²) in [6.45, 7) is 4.37. The van der Waals surface area contributed by atoms with Gasteiger partial charge in [-0.05, 0) is 50.2 Å². The molecule has 2 atom stereocenters. The van der Waals surface area contributed by atoms with E-state index in [2.05, 4.69) is 0 Å². The molecule has 2 aromatic carbocycles. The maximum absolute atomic E-state index is 12.9. The highest BCUT2D eigenvalue weighted by Crippen LogP contribution is 2.22. The van der Waals surface area contributed by atoms with Crippen LogP contribution in [0.1, 0.15) is 24.2 Å². The van der Waals surface area contributed by atoms with Crippen molar-refractivity contribution < 1.29 is 17.9 Å². The first-order valence-electron chi connectivity index (χ1n) is 8.88. The van der Waals surface area contributed by atoms with Crippen LogP contribution in [0.25, 0.3) is 0 Å². The van der Waals surface area contributed by atoms with Gasteiger partial charge in [0, 0.05) is 31.4 Å². The van der Waals surface area contributed by atoms with Gasteiger partial charge in [-0.3, -0.25) is 4.79 Å². The Labute approximate surface area is 160 Å². The Hall–Kier alpha value is -2.22. The van der Waals surface area contributed by atoms with E-state index in [1.165, 1.54) is 21.3 Å². The molecule has 0 aliphatic carbocycles. The van der Waals surface area contributed by atoms with Gasteiger partial charge in [-0.1, -0.05) is 18.2 Å². The summed E-state index contributed by atoms with van der Waals surface area (Å²) in [5, 5.41) is 0. The van der Waals surface area contributed by atoms with E-state index < -0.39 is 10.0 Å². The van der Waals surface area contributed by atoms with Gasteiger partial charge in [0.25, 0.3) is 5.91 Å². The molecule has 1 heterocycles. The standard InChI is InChI=1S/C20H24N2O4S/c1-15-13-22(14-16(2)26-15)27(24,25)19-11-9-17(10-12-19)20(23)21(3)18-7-5-4-6-8-18/h4-12,15-16H,13-14H2,1-3H3. The summed E-state index contributed by atoms with van der Waals surface area (Å²) < 4.78 is 32.8. The summed E-state index contributed by atoms with van der Waals surface area (Å²) >= 11 is 0. The second-order valence-electron chi connectivity index (χ2n) is 6.80. The Morgan fingerprint density at radius 2 is 1.56 bits per heavy atom. The van der Waals surface area contributed by atoms with E-state index in [4.69, 9.17) is 4.74 Å². The van der Waals surface area contributed by atoms with Crippen molar-refractivity contribution in [3.8, 4) is 0 Å². The molecule has 2 aromatic rings. The molecule has 144 valence electrons. The van der Waals surface area contributed by atoms with Gasteiger partial charge in [-0.15, -0.1) is 0 Å². The SMILES string of the molecule is CC1CN(S(=O)(=O)c2ccc(C(=O)N(C)c3ccccc3)cc2)CC(C)O1. The van der Waals surface area contributed by atoms with Crippen LogP contribution < -0.4 is 4.90 Å². The van der Waals surface area contributed by atoms with E-state index in [0.717, 1.165) is 5.69 Å². The van der Waals surface area contributed by atoms with Crippen molar-refractivity contribution in [3.63, 3.8) is 0 Å². The minimum Gasteiger partial charge on any atom is -0.373 e. The van der Waals surface area contributed by atoms with Gasteiger partial charge < -0.3 is 9.64 Å². The number of carbonyl (C=O) groups is 1. The van der Waals surface area contributed by atoms with Crippen molar-refractivity contribution in [1.82, 2.24) is 4.31 Å². The fraction of sp³-hybridized carbons (Fsp3) is 0.350. The normalized spacial score (nSPS) is 21.0. The number of ether oxygens (including phenoxy) is 1. The van der Waals surface area contributed by atoms with Crippen LogP contribution in [0.2, 0.25) is 0 Å². The topological polar surface area (TPSA) is 66.9 Å². The zero-order valence-corrected chi connectivity index (χ0v) is 16.5. The Kier molecular flexibility index (Phi) is 5.64. The minimum absolute atomic E-state index is 0.149. The molecule has 0 aromatic heterocycles. The van der Waals surface area contributed by atoms with Crippen LogP contribution in [0.5, 0.6) is 0 Å². The van der Waals surface area contributed by atoms with E-state index in [1.807, 2.05) is 44.2 Å². The van der Waals surface area contributed by atoms with Gasteiger partial charge in [0.2, 0.25) is 10.0 Å². The Morgan fingerprint density at radius 1 is 1.00 bits per heavy atom. The summed E-state index contributed by atoms with van der Waals surface area (Å²) in [5.41, 5.74) is 1.21. The molecule has 6 nitrogen and oxygen atoms in total. The first-order valence-corrected chi connectivity index (χ1v) is 10.3. The summed E-state index contributed by atoms with van der Waals surface area (Å²) in [5.74, 6) is -0.196. The summed E-state index contributed by atoms with van der Waals surface area (Å²) in [6, 6.07) is 15.4. The molecule has 2 unspecified atom stereocenters. The molecule has 3 rings (SSSR count). The predicted molar refractivity (Wildman–Crippen MR) is 104 cm³/mol. The van der Waals surface area contributed by atoms with E-state index in [-0.39, 0.29) is 23.0 Å². The number of amides is 1. The number of rotatable bonds is 4. The lowest BCUT2D eigenvalue weighted by Crippen LogP contribution is -2.48. The number of nitrogens with zero attached hydrogens (tertiary/aromatic N) is 2. The van der Waals surface area contributed by atoms with Crippen LogP contribution >= 0.6 is 0 Å². The zero-order chi connectivity index (χ0) is 19.6. The van der Waals surface area contributed by atoms with E-state index in [1.54, 1.807) is 19.2 Å². The minimum atomic E-state index is -3.61. The van der Waals surface area contributed by atoms with Crippen molar-refractivity contribution in [2.75, 3.05) is 25.0 Å². The number of benzene rings is 2. The molecule has 1 fully saturated rings. The third-order valence-corrected chi connectivity index (χ3v) is 6.42. The molecule has 0 saturated carbocycles. The van der Waals surface area contributed by atoms with Gasteiger partial charge in [0.1, 0.15) is 0 Å². The van der Waals surface area contributed by atoms with Crippen LogP contribution in [0.15, 0.2) is 59.5 Å². The molecule has 0 radical (unpaired) electrons. The monoisotopic (exact) mass is 388 g/mol. The van der Waals surface area contributed by atoms with Crippen molar-refractivity contribution in [2.24, 2.45) is 0 Å². The number of carbonyl (C=O) groups excluding carboxylic acids is 1. The predicted octanol–water partition coefficient (Wildman–Crippen LogP) is 2.76. The quantitative estimate of drug-likeness (QED) is 0.808. The number of hydrogen-bond donors (Lipinski definition) is 0. The lowest BCUT2D eigenvalue weighted by Gasteiger charge is -2.34. The highest BCUT2D eigenvalue weighted by molar-refractivity contribution is 7.89. The number of hydrogen-bond acceptors (Lipinski definition) is 4. The lowest BCUT2D eigenvalue weighted by atomic mass is 10.2. The van der Waals surface area contributed by atoms with Crippen LogP contribution in [0.3, 0.4) is 0 Å². The maximum Gasteiger partial charge on any atom is 0.258 e. The molecule has 0 N–H and O–H groups in total. The van der Waals surface area contributed by atoms with Gasteiger partial charge in [-0.25, -0.2) is 8.42 Å². The van der Waals surface area contributed by atoms with E-state index in [0.29, 0.717) is 18.7 Å². The van der Waals surface area contributed by atoms with Gasteiger partial charge >= 0.3 is 0 Å². The molecule has 7 heteroatoms. The molecule has 1 amide bonds. The van der Waals surface area contributed by atoms with Crippen LogP contribution in [0.4, 0.5) is 5.69 Å². The van der Waals surface area contributed by atoms with Crippen molar-refractivity contribution in [2.45, 2.75) is 31.0 Å². The molecule has 27 heavy (non-hydrogen) atoms. The van der Waals surface area contributed by atoms with Crippen LogP contribution in [-0.2, 0) is 14.8 Å².